The summed E-state index contributed by atoms with van der Waals surface area (Å²) in [6, 6.07) is 0. The number of nitrogens with zero attached hydrogens (tertiary/aromatic N) is 2. The third-order valence-corrected chi connectivity index (χ3v) is 3.44. The molecule has 1 atom stereocenters. The Morgan fingerprint density at radius 3 is 2.95 bits per heavy atom. The van der Waals surface area contributed by atoms with E-state index in [1.54, 1.807) is 13.1 Å². The monoisotopic (exact) mass is 260 g/mol. The standard InChI is InChI=1S/C14H16N2O3/c1-2-3-11-13(17)12-10(8-15-11)9-19-14(12)16-4-6-18-7-5-16/h8,14,17H,4-7,9H2,1H3. The van der Waals surface area contributed by atoms with Gasteiger partial charge in [-0.05, 0) is 12.8 Å². The summed E-state index contributed by atoms with van der Waals surface area (Å²) >= 11 is 0. The molecule has 1 aromatic heterocycles. The van der Waals surface area contributed by atoms with Gasteiger partial charge in [0.1, 0.15) is 6.23 Å². The fourth-order valence-corrected chi connectivity index (χ4v) is 2.51. The van der Waals surface area contributed by atoms with Gasteiger partial charge in [-0.25, -0.2) is 4.98 Å². The molecule has 1 aromatic rings. The molecule has 2 aliphatic heterocycles. The van der Waals surface area contributed by atoms with Gasteiger partial charge in [0.25, 0.3) is 0 Å². The van der Waals surface area contributed by atoms with Crippen LogP contribution < -0.4 is 0 Å². The lowest BCUT2D eigenvalue weighted by molar-refractivity contribution is -0.0919. The van der Waals surface area contributed by atoms with Crippen LogP contribution in [0.5, 0.6) is 5.75 Å². The maximum absolute atomic E-state index is 10.3. The molecule has 0 aromatic carbocycles. The fourth-order valence-electron chi connectivity index (χ4n) is 2.51. The average molecular weight is 260 g/mol. The van der Waals surface area contributed by atoms with Gasteiger partial charge in [-0.2, -0.15) is 0 Å². The number of ether oxygens (including phenoxy) is 2. The molecule has 1 fully saturated rings. The second kappa shape index (κ2) is 5.17. The third-order valence-electron chi connectivity index (χ3n) is 3.44. The van der Waals surface area contributed by atoms with Crippen molar-refractivity contribution in [2.75, 3.05) is 26.3 Å². The molecule has 1 N–H and O–H groups in total. The second-order valence-corrected chi connectivity index (χ2v) is 4.58. The number of rotatable bonds is 1. The van der Waals surface area contributed by atoms with E-state index < -0.39 is 0 Å². The van der Waals surface area contributed by atoms with E-state index in [2.05, 4.69) is 21.7 Å². The molecule has 0 bridgehead atoms. The summed E-state index contributed by atoms with van der Waals surface area (Å²) < 4.78 is 11.1. The summed E-state index contributed by atoms with van der Waals surface area (Å²) in [6.45, 7) is 5.22. The minimum Gasteiger partial charge on any atom is -0.505 e. The zero-order valence-corrected chi connectivity index (χ0v) is 10.8. The first-order valence-corrected chi connectivity index (χ1v) is 6.38. The Morgan fingerprint density at radius 2 is 2.21 bits per heavy atom. The number of hydrogen-bond donors (Lipinski definition) is 1. The van der Waals surface area contributed by atoms with Crippen LogP contribution in [0.2, 0.25) is 0 Å². The molecule has 100 valence electrons. The molecule has 0 aliphatic carbocycles. The SMILES string of the molecule is CC#Cc1ncc2c(c1O)C(N1CCOCC1)OC2. The molecule has 5 heteroatoms. The molecule has 3 rings (SSSR count). The van der Waals surface area contributed by atoms with Crippen molar-refractivity contribution in [3.8, 4) is 17.6 Å². The highest BCUT2D eigenvalue weighted by molar-refractivity contribution is 5.50. The van der Waals surface area contributed by atoms with Crippen LogP contribution in [0.25, 0.3) is 0 Å². The summed E-state index contributed by atoms with van der Waals surface area (Å²) in [5.74, 6) is 5.74. The van der Waals surface area contributed by atoms with Gasteiger partial charge < -0.3 is 14.6 Å². The summed E-state index contributed by atoms with van der Waals surface area (Å²) in [5, 5.41) is 10.3. The van der Waals surface area contributed by atoms with E-state index in [0.29, 0.717) is 25.5 Å². The molecular weight excluding hydrogens is 244 g/mol. The first-order chi connectivity index (χ1) is 9.31. The predicted molar refractivity (Wildman–Crippen MR) is 68.4 cm³/mol. The van der Waals surface area contributed by atoms with Crippen molar-refractivity contribution in [2.24, 2.45) is 0 Å². The molecule has 0 amide bonds. The summed E-state index contributed by atoms with van der Waals surface area (Å²) in [6.07, 6.45) is 1.54. The predicted octanol–water partition coefficient (Wildman–Crippen LogP) is 1.02. The quantitative estimate of drug-likeness (QED) is 0.764. The van der Waals surface area contributed by atoms with Crippen molar-refractivity contribution < 1.29 is 14.6 Å². The largest absolute Gasteiger partial charge is 0.505 e. The lowest BCUT2D eigenvalue weighted by atomic mass is 10.1. The number of aromatic nitrogens is 1. The van der Waals surface area contributed by atoms with Gasteiger partial charge in [0.15, 0.2) is 11.4 Å². The lowest BCUT2D eigenvalue weighted by Crippen LogP contribution is -2.39. The smallest absolute Gasteiger partial charge is 0.157 e. The van der Waals surface area contributed by atoms with Crippen LogP contribution in [0, 0.1) is 11.8 Å². The molecule has 0 saturated carbocycles. The highest BCUT2D eigenvalue weighted by atomic mass is 16.5. The Kier molecular flexibility index (Phi) is 3.38. The zero-order valence-electron chi connectivity index (χ0n) is 10.8. The van der Waals surface area contributed by atoms with Crippen molar-refractivity contribution in [1.29, 1.82) is 0 Å². The fraction of sp³-hybridized carbons (Fsp3) is 0.500. The van der Waals surface area contributed by atoms with Crippen LogP contribution in [0.15, 0.2) is 6.20 Å². The Hall–Kier alpha value is -1.61. The first-order valence-electron chi connectivity index (χ1n) is 6.38. The highest BCUT2D eigenvalue weighted by Crippen LogP contribution is 2.40. The molecule has 2 aliphatic rings. The number of morpholine rings is 1. The van der Waals surface area contributed by atoms with E-state index in [-0.39, 0.29) is 12.0 Å². The van der Waals surface area contributed by atoms with Gasteiger partial charge in [-0.1, -0.05) is 5.92 Å². The molecule has 0 radical (unpaired) electrons. The maximum atomic E-state index is 10.3. The molecule has 1 unspecified atom stereocenters. The minimum absolute atomic E-state index is 0.154. The van der Waals surface area contributed by atoms with Gasteiger partial charge in [0.05, 0.1) is 19.8 Å². The Balaban J connectivity index is 1.97. The van der Waals surface area contributed by atoms with E-state index in [1.165, 1.54) is 0 Å². The van der Waals surface area contributed by atoms with Crippen LogP contribution in [0.3, 0.4) is 0 Å². The highest BCUT2D eigenvalue weighted by Gasteiger charge is 2.33. The van der Waals surface area contributed by atoms with E-state index in [1.807, 2.05) is 0 Å². The summed E-state index contributed by atoms with van der Waals surface area (Å²) in [7, 11) is 0. The van der Waals surface area contributed by atoms with Crippen LogP contribution in [0.4, 0.5) is 0 Å². The molecule has 3 heterocycles. The van der Waals surface area contributed by atoms with Crippen molar-refractivity contribution >= 4 is 0 Å². The molecule has 1 saturated heterocycles. The van der Waals surface area contributed by atoms with Crippen LogP contribution in [-0.4, -0.2) is 41.3 Å². The van der Waals surface area contributed by atoms with Gasteiger partial charge >= 0.3 is 0 Å². The van der Waals surface area contributed by atoms with Crippen molar-refractivity contribution in [2.45, 2.75) is 19.8 Å². The first kappa shape index (κ1) is 12.4. The van der Waals surface area contributed by atoms with Crippen molar-refractivity contribution in [3.63, 3.8) is 0 Å². The Labute approximate surface area is 112 Å². The van der Waals surface area contributed by atoms with Crippen LogP contribution in [0.1, 0.15) is 30.0 Å². The Bertz CT molecular complexity index is 542. The van der Waals surface area contributed by atoms with E-state index in [9.17, 15) is 5.11 Å². The van der Waals surface area contributed by atoms with Gasteiger partial charge in [-0.3, -0.25) is 4.90 Å². The van der Waals surface area contributed by atoms with E-state index in [4.69, 9.17) is 9.47 Å². The number of aromatic hydroxyl groups is 1. The van der Waals surface area contributed by atoms with E-state index >= 15 is 0 Å². The molecule has 19 heavy (non-hydrogen) atoms. The number of fused-ring (bicyclic) bond motifs is 1. The second-order valence-electron chi connectivity index (χ2n) is 4.58. The lowest BCUT2D eigenvalue weighted by Gasteiger charge is -2.31. The number of hydrogen-bond acceptors (Lipinski definition) is 5. The molecule has 0 spiro atoms. The average Bonchev–Trinajstić information content (AvgIpc) is 2.88. The van der Waals surface area contributed by atoms with E-state index in [0.717, 1.165) is 24.2 Å². The van der Waals surface area contributed by atoms with Crippen molar-refractivity contribution in [1.82, 2.24) is 9.88 Å². The molecule has 5 nitrogen and oxygen atoms in total. The van der Waals surface area contributed by atoms with Gasteiger partial charge in [-0.15, -0.1) is 0 Å². The van der Waals surface area contributed by atoms with Crippen molar-refractivity contribution in [3.05, 3.63) is 23.0 Å². The topological polar surface area (TPSA) is 54.8 Å². The van der Waals surface area contributed by atoms with Crippen LogP contribution >= 0.6 is 0 Å². The van der Waals surface area contributed by atoms with Crippen LogP contribution in [-0.2, 0) is 16.1 Å². The normalized spacial score (nSPS) is 22.7. The van der Waals surface area contributed by atoms with Gasteiger partial charge in [0, 0.05) is 30.4 Å². The zero-order chi connectivity index (χ0) is 13.2. The Morgan fingerprint density at radius 1 is 1.42 bits per heavy atom. The summed E-state index contributed by atoms with van der Waals surface area (Å²) in [5.41, 5.74) is 2.18. The molecular formula is C14H16N2O3. The maximum Gasteiger partial charge on any atom is 0.157 e. The number of pyridine rings is 1. The minimum atomic E-state index is -0.209. The van der Waals surface area contributed by atoms with Gasteiger partial charge in [0.2, 0.25) is 0 Å². The summed E-state index contributed by atoms with van der Waals surface area (Å²) in [4.78, 5) is 6.35. The third kappa shape index (κ3) is 2.19.